The van der Waals surface area contributed by atoms with Gasteiger partial charge in [-0.1, -0.05) is 35.0 Å². The van der Waals surface area contributed by atoms with Crippen LogP contribution in [-0.2, 0) is 18.3 Å². The lowest BCUT2D eigenvalue weighted by molar-refractivity contribution is -0.118. The van der Waals surface area contributed by atoms with E-state index in [9.17, 15) is 14.4 Å². The molecule has 1 saturated carbocycles. The number of aryl methyl sites for hydroxylation is 2. The van der Waals surface area contributed by atoms with Gasteiger partial charge >= 0.3 is 0 Å². The minimum atomic E-state index is -1.01. The fourth-order valence-electron chi connectivity index (χ4n) is 5.23. The number of hydrogen-bond acceptors (Lipinski definition) is 7. The summed E-state index contributed by atoms with van der Waals surface area (Å²) in [6.07, 6.45) is 5.00. The second-order valence-corrected chi connectivity index (χ2v) is 11.8. The monoisotopic (exact) mass is 637 g/mol. The van der Waals surface area contributed by atoms with Gasteiger partial charge in [-0.05, 0) is 85.0 Å². The molecule has 1 aliphatic rings. The second kappa shape index (κ2) is 13.0. The topological polar surface area (TPSA) is 135 Å². The van der Waals surface area contributed by atoms with Gasteiger partial charge < -0.3 is 24.6 Å². The van der Waals surface area contributed by atoms with Crippen molar-refractivity contribution in [3.63, 3.8) is 0 Å². The third kappa shape index (κ3) is 6.69. The van der Waals surface area contributed by atoms with Crippen molar-refractivity contribution in [2.75, 3.05) is 12.4 Å². The van der Waals surface area contributed by atoms with E-state index in [4.69, 9.17) is 16.1 Å². The molecule has 0 bridgehead atoms. The summed E-state index contributed by atoms with van der Waals surface area (Å²) in [6, 6.07) is 19.4. The van der Waals surface area contributed by atoms with Crippen LogP contribution in [0.2, 0.25) is 5.02 Å². The Bertz CT molecular complexity index is 1910. The van der Waals surface area contributed by atoms with Crippen molar-refractivity contribution in [2.24, 2.45) is 7.05 Å². The van der Waals surface area contributed by atoms with Crippen molar-refractivity contribution in [3.8, 4) is 22.5 Å². The first kappa shape index (κ1) is 30.7. The Morgan fingerprint density at radius 1 is 1.04 bits per heavy atom. The Labute approximate surface area is 270 Å². The van der Waals surface area contributed by atoms with E-state index in [2.05, 4.69) is 26.0 Å². The molecule has 5 aromatic rings. The molecule has 2 heterocycles. The van der Waals surface area contributed by atoms with E-state index >= 15 is 0 Å². The molecule has 1 unspecified atom stereocenters. The molecular weight excluding hydrogens is 606 g/mol. The lowest BCUT2D eigenvalue weighted by Gasteiger charge is -2.20. The van der Waals surface area contributed by atoms with Crippen LogP contribution in [0.1, 0.15) is 44.8 Å². The third-order valence-electron chi connectivity index (χ3n) is 8.07. The van der Waals surface area contributed by atoms with Gasteiger partial charge in [0.25, 0.3) is 11.8 Å². The maximum atomic E-state index is 13.7. The number of nitrogens with zero attached hydrogens (tertiary/aromatic N) is 5. The van der Waals surface area contributed by atoms with Crippen molar-refractivity contribution >= 4 is 35.0 Å². The molecule has 0 radical (unpaired) electrons. The lowest BCUT2D eigenvalue weighted by Crippen LogP contribution is -2.45. The molecule has 3 aromatic carbocycles. The Hall–Kier alpha value is -5.29. The zero-order valence-corrected chi connectivity index (χ0v) is 26.3. The third-order valence-corrected chi connectivity index (χ3v) is 8.43. The van der Waals surface area contributed by atoms with Gasteiger partial charge in [-0.3, -0.25) is 14.4 Å². The largest absolute Gasteiger partial charge is 0.364 e. The molecular formula is C34H32ClN7O4. The van der Waals surface area contributed by atoms with Crippen LogP contribution in [0.3, 0.4) is 0 Å². The highest BCUT2D eigenvalue weighted by molar-refractivity contribution is 6.31. The Balaban J connectivity index is 1.25. The number of rotatable bonds is 10. The molecule has 0 saturated heterocycles. The van der Waals surface area contributed by atoms with E-state index in [0.29, 0.717) is 39.4 Å². The van der Waals surface area contributed by atoms with Crippen LogP contribution in [-0.4, -0.2) is 61.7 Å². The normalized spacial score (nSPS) is 13.2. The highest BCUT2D eigenvalue weighted by atomic mass is 35.5. The molecule has 1 atom stereocenters. The summed E-state index contributed by atoms with van der Waals surface area (Å²) in [5.74, 6) is -0.279. The Morgan fingerprint density at radius 2 is 1.78 bits per heavy atom. The molecule has 12 heteroatoms. The molecule has 2 N–H and O–H groups in total. The van der Waals surface area contributed by atoms with Gasteiger partial charge in [0.2, 0.25) is 5.91 Å². The summed E-state index contributed by atoms with van der Waals surface area (Å²) in [5, 5.41) is 18.0. The molecule has 3 amide bonds. The number of benzene rings is 3. The highest BCUT2D eigenvalue weighted by Gasteiger charge is 2.30. The average Bonchev–Trinajstić information content (AvgIpc) is 3.68. The van der Waals surface area contributed by atoms with E-state index in [1.54, 1.807) is 40.9 Å². The summed E-state index contributed by atoms with van der Waals surface area (Å²) in [5.41, 5.74) is 4.89. The van der Waals surface area contributed by atoms with E-state index in [1.807, 2.05) is 62.6 Å². The summed E-state index contributed by atoms with van der Waals surface area (Å²) < 4.78 is 6.74. The predicted octanol–water partition coefficient (Wildman–Crippen LogP) is 5.31. The van der Waals surface area contributed by atoms with Gasteiger partial charge in [0, 0.05) is 48.4 Å². The smallest absolute Gasteiger partial charge is 0.257 e. The van der Waals surface area contributed by atoms with E-state index in [0.717, 1.165) is 29.5 Å². The number of halogens is 1. The van der Waals surface area contributed by atoms with Crippen molar-refractivity contribution < 1.29 is 18.9 Å². The zero-order valence-electron chi connectivity index (χ0n) is 25.5. The number of amides is 3. The molecule has 1 aliphatic carbocycles. The molecule has 11 nitrogen and oxygen atoms in total. The lowest BCUT2D eigenvalue weighted by atomic mass is 9.97. The predicted molar refractivity (Wildman–Crippen MR) is 173 cm³/mol. The molecule has 1 fully saturated rings. The van der Waals surface area contributed by atoms with E-state index in [-0.39, 0.29) is 17.9 Å². The highest BCUT2D eigenvalue weighted by Crippen LogP contribution is 2.30. The van der Waals surface area contributed by atoms with Gasteiger partial charge in [-0.15, -0.1) is 10.2 Å². The number of carbonyl (C=O) groups is 3. The first-order chi connectivity index (χ1) is 22.2. The summed E-state index contributed by atoms with van der Waals surface area (Å²) in [6.45, 7) is 1.65. The Kier molecular flexibility index (Phi) is 8.67. The molecule has 6 rings (SSSR count). The van der Waals surface area contributed by atoms with Crippen LogP contribution < -0.4 is 10.6 Å². The van der Waals surface area contributed by atoms with Crippen LogP contribution >= 0.6 is 11.6 Å². The zero-order chi connectivity index (χ0) is 32.4. The van der Waals surface area contributed by atoms with Gasteiger partial charge in [-0.25, -0.2) is 0 Å². The number of hydrogen-bond donors (Lipinski definition) is 2. The van der Waals surface area contributed by atoms with Crippen LogP contribution in [0, 0.1) is 6.92 Å². The molecule has 234 valence electrons. The molecule has 0 spiro atoms. The van der Waals surface area contributed by atoms with Crippen LogP contribution in [0.5, 0.6) is 0 Å². The number of aromatic nitrogens is 4. The second-order valence-electron chi connectivity index (χ2n) is 11.4. The summed E-state index contributed by atoms with van der Waals surface area (Å²) >= 11 is 6.65. The van der Waals surface area contributed by atoms with Crippen LogP contribution in [0.15, 0.2) is 83.8 Å². The first-order valence-electron chi connectivity index (χ1n) is 14.8. The number of anilines is 1. The van der Waals surface area contributed by atoms with Gasteiger partial charge in [0.1, 0.15) is 24.2 Å². The fourth-order valence-corrected chi connectivity index (χ4v) is 5.42. The van der Waals surface area contributed by atoms with E-state index < -0.39 is 17.9 Å². The SMILES string of the molecule is Cc1nocc1C(=O)NC(Cc1cc(-c2cccc(C(=O)N(C)C3CC3)c2)ccc1Cl)C(=O)Nc1ccc(-c2nncn2C)cc1. The van der Waals surface area contributed by atoms with Crippen molar-refractivity contribution in [1.82, 2.24) is 30.1 Å². The van der Waals surface area contributed by atoms with Gasteiger partial charge in [-0.2, -0.15) is 0 Å². The maximum Gasteiger partial charge on any atom is 0.257 e. The van der Waals surface area contributed by atoms with Crippen LogP contribution in [0.4, 0.5) is 5.69 Å². The molecule has 46 heavy (non-hydrogen) atoms. The number of carbonyl (C=O) groups excluding carboxylic acids is 3. The Morgan fingerprint density at radius 3 is 2.46 bits per heavy atom. The fraction of sp³-hybridized carbons (Fsp3) is 0.235. The van der Waals surface area contributed by atoms with Gasteiger partial charge in [0.15, 0.2) is 5.82 Å². The minimum absolute atomic E-state index is 0.0216. The minimum Gasteiger partial charge on any atom is -0.364 e. The van der Waals surface area contributed by atoms with E-state index in [1.165, 1.54) is 6.26 Å². The van der Waals surface area contributed by atoms with Crippen LogP contribution in [0.25, 0.3) is 22.5 Å². The first-order valence-corrected chi connectivity index (χ1v) is 15.2. The average molecular weight is 638 g/mol. The quantitative estimate of drug-likeness (QED) is 0.212. The maximum absolute atomic E-state index is 13.7. The van der Waals surface area contributed by atoms with Gasteiger partial charge in [0.05, 0.1) is 5.69 Å². The summed E-state index contributed by atoms with van der Waals surface area (Å²) in [7, 11) is 3.68. The standard InChI is InChI=1S/C34H32ClN7O4/c1-20-28(18-46-40-20)32(43)38-30(33(44)37-26-10-7-21(8-11-26)31-39-36-19-41(31)2)17-25-16-23(9-14-29(25)35)22-5-4-6-24(15-22)34(45)42(3)27-12-13-27/h4-11,14-16,18-19,27,30H,12-13,17H2,1-3H3,(H,37,44)(H,38,43). The number of nitrogens with one attached hydrogen (secondary N) is 2. The van der Waals surface area contributed by atoms with Crippen molar-refractivity contribution in [3.05, 3.63) is 107 Å². The molecule has 0 aliphatic heterocycles. The molecule has 2 aromatic heterocycles. The van der Waals surface area contributed by atoms with Crippen molar-refractivity contribution in [1.29, 1.82) is 0 Å². The van der Waals surface area contributed by atoms with Crippen molar-refractivity contribution in [2.45, 2.75) is 38.3 Å². The summed E-state index contributed by atoms with van der Waals surface area (Å²) in [4.78, 5) is 41.7.